The van der Waals surface area contributed by atoms with Gasteiger partial charge < -0.3 is 14.4 Å². The highest BCUT2D eigenvalue weighted by Gasteiger charge is 2.14. The molecule has 0 unspecified atom stereocenters. The number of thiophene rings is 1. The molecular formula is C15H15NO3S. The van der Waals surface area contributed by atoms with Gasteiger partial charge in [-0.15, -0.1) is 11.3 Å². The number of amides is 1. The number of furan rings is 1. The van der Waals surface area contributed by atoms with Crippen molar-refractivity contribution in [1.29, 1.82) is 0 Å². The summed E-state index contributed by atoms with van der Waals surface area (Å²) in [6.07, 6.45) is 3.67. The molecule has 0 aliphatic heterocycles. The maximum atomic E-state index is 12.2. The van der Waals surface area contributed by atoms with Gasteiger partial charge >= 0.3 is 0 Å². The van der Waals surface area contributed by atoms with E-state index >= 15 is 0 Å². The first-order chi connectivity index (χ1) is 9.70. The van der Waals surface area contributed by atoms with Crippen LogP contribution in [0.3, 0.4) is 0 Å². The topological polar surface area (TPSA) is 53.7 Å². The first-order valence-corrected chi connectivity index (χ1v) is 6.98. The number of nitrogens with zero attached hydrogens (tertiary/aromatic N) is 1. The van der Waals surface area contributed by atoms with Crippen LogP contribution in [-0.2, 0) is 6.54 Å². The lowest BCUT2D eigenvalue weighted by Crippen LogP contribution is -2.25. The van der Waals surface area contributed by atoms with Gasteiger partial charge in [-0.25, -0.2) is 0 Å². The van der Waals surface area contributed by atoms with Crippen molar-refractivity contribution in [2.24, 2.45) is 0 Å². The molecule has 0 saturated carbocycles. The molecule has 2 rings (SSSR count). The quantitative estimate of drug-likeness (QED) is 0.879. The predicted octanol–water partition coefficient (Wildman–Crippen LogP) is 2.35. The molecule has 1 amide bonds. The highest BCUT2D eigenvalue weighted by atomic mass is 32.1. The van der Waals surface area contributed by atoms with Crippen molar-refractivity contribution in [2.75, 3.05) is 13.7 Å². The van der Waals surface area contributed by atoms with Crippen LogP contribution in [0.4, 0.5) is 0 Å². The monoisotopic (exact) mass is 289 g/mol. The lowest BCUT2D eigenvalue weighted by atomic mass is 10.3. The number of hydrogen-bond acceptors (Lipinski definition) is 4. The molecule has 0 aliphatic rings. The zero-order chi connectivity index (χ0) is 14.4. The molecule has 0 bridgehead atoms. The maximum Gasteiger partial charge on any atom is 0.264 e. The Bertz CT molecular complexity index is 619. The Hall–Kier alpha value is -2.03. The van der Waals surface area contributed by atoms with Crippen molar-refractivity contribution < 1.29 is 14.3 Å². The van der Waals surface area contributed by atoms with Crippen LogP contribution in [0.2, 0.25) is 0 Å². The smallest absolute Gasteiger partial charge is 0.264 e. The molecule has 0 radical (unpaired) electrons. The van der Waals surface area contributed by atoms with Crippen LogP contribution in [0.1, 0.15) is 26.5 Å². The summed E-state index contributed by atoms with van der Waals surface area (Å²) in [7, 11) is 1.76. The van der Waals surface area contributed by atoms with Gasteiger partial charge in [0.15, 0.2) is 0 Å². The van der Waals surface area contributed by atoms with Gasteiger partial charge in [0.05, 0.1) is 28.9 Å². The summed E-state index contributed by atoms with van der Waals surface area (Å²) in [5.74, 6) is 5.73. The van der Waals surface area contributed by atoms with Crippen molar-refractivity contribution in [3.05, 3.63) is 46.0 Å². The van der Waals surface area contributed by atoms with Crippen molar-refractivity contribution in [1.82, 2.24) is 4.90 Å². The van der Waals surface area contributed by atoms with E-state index in [1.807, 2.05) is 12.1 Å². The minimum Gasteiger partial charge on any atom is -0.472 e. The number of carbonyl (C=O) groups excluding carboxylic acids is 1. The molecule has 0 spiro atoms. The molecule has 20 heavy (non-hydrogen) atoms. The highest BCUT2D eigenvalue weighted by Crippen LogP contribution is 2.18. The van der Waals surface area contributed by atoms with Crippen molar-refractivity contribution in [3.63, 3.8) is 0 Å². The summed E-state index contributed by atoms with van der Waals surface area (Å²) in [6, 6.07) is 5.44. The Morgan fingerprint density at radius 1 is 1.45 bits per heavy atom. The fourth-order valence-corrected chi connectivity index (χ4v) is 2.52. The zero-order valence-corrected chi connectivity index (χ0v) is 11.9. The normalized spacial score (nSPS) is 9.90. The largest absolute Gasteiger partial charge is 0.472 e. The summed E-state index contributed by atoms with van der Waals surface area (Å²) in [5, 5.41) is 8.67. The van der Waals surface area contributed by atoms with Crippen LogP contribution in [0, 0.1) is 11.8 Å². The molecule has 0 atom stereocenters. The molecule has 2 aromatic heterocycles. The van der Waals surface area contributed by atoms with Gasteiger partial charge in [-0.3, -0.25) is 4.79 Å². The minimum absolute atomic E-state index is 0.0357. The average Bonchev–Trinajstić information content (AvgIpc) is 3.09. The second-order valence-corrected chi connectivity index (χ2v) is 5.32. The van der Waals surface area contributed by atoms with E-state index in [1.165, 1.54) is 11.3 Å². The SMILES string of the molecule is CN(Cc1ccoc1)C(=O)c1ccc(C#CCCO)s1. The summed E-state index contributed by atoms with van der Waals surface area (Å²) in [4.78, 5) is 15.4. The van der Waals surface area contributed by atoms with Gasteiger partial charge in [0.25, 0.3) is 5.91 Å². The molecule has 2 heterocycles. The summed E-state index contributed by atoms with van der Waals surface area (Å²) >= 11 is 1.36. The lowest BCUT2D eigenvalue weighted by molar-refractivity contribution is 0.0789. The fraction of sp³-hybridized carbons (Fsp3) is 0.267. The Kier molecular flexibility index (Phi) is 4.99. The molecule has 0 aromatic carbocycles. The van der Waals surface area contributed by atoms with Gasteiger partial charge in [0.2, 0.25) is 0 Å². The van der Waals surface area contributed by atoms with Crippen molar-refractivity contribution in [2.45, 2.75) is 13.0 Å². The van der Waals surface area contributed by atoms with Gasteiger partial charge in [-0.05, 0) is 18.2 Å². The van der Waals surface area contributed by atoms with Crippen LogP contribution < -0.4 is 0 Å². The van der Waals surface area contributed by atoms with E-state index in [4.69, 9.17) is 9.52 Å². The third kappa shape index (κ3) is 3.73. The standard InChI is InChI=1S/C15H15NO3S/c1-16(10-12-7-9-19-11-12)15(18)14-6-5-13(20-14)4-2-3-8-17/h5-7,9,11,17H,3,8,10H2,1H3. The van der Waals surface area contributed by atoms with Crippen LogP contribution in [0.5, 0.6) is 0 Å². The van der Waals surface area contributed by atoms with E-state index in [2.05, 4.69) is 11.8 Å². The molecule has 4 nitrogen and oxygen atoms in total. The third-order valence-corrected chi connectivity index (χ3v) is 3.60. The second kappa shape index (κ2) is 6.94. The van der Waals surface area contributed by atoms with Crippen LogP contribution in [-0.4, -0.2) is 29.6 Å². The Morgan fingerprint density at radius 2 is 2.30 bits per heavy atom. The average molecular weight is 289 g/mol. The molecule has 2 aromatic rings. The number of rotatable bonds is 4. The predicted molar refractivity (Wildman–Crippen MR) is 77.4 cm³/mol. The Labute approximate surface area is 121 Å². The molecule has 5 heteroatoms. The zero-order valence-electron chi connectivity index (χ0n) is 11.1. The van der Waals surface area contributed by atoms with E-state index in [1.54, 1.807) is 30.5 Å². The molecule has 0 aliphatic carbocycles. The Morgan fingerprint density at radius 3 is 3.00 bits per heavy atom. The first kappa shape index (κ1) is 14.4. The van der Waals surface area contributed by atoms with Crippen molar-refractivity contribution in [3.8, 4) is 11.8 Å². The fourth-order valence-electron chi connectivity index (χ4n) is 1.64. The van der Waals surface area contributed by atoms with E-state index in [9.17, 15) is 4.79 Å². The number of carbonyl (C=O) groups is 1. The molecule has 1 N–H and O–H groups in total. The van der Waals surface area contributed by atoms with E-state index in [0.717, 1.165) is 10.4 Å². The van der Waals surface area contributed by atoms with Gasteiger partial charge in [-0.1, -0.05) is 11.8 Å². The second-order valence-electron chi connectivity index (χ2n) is 4.23. The van der Waals surface area contributed by atoms with E-state index in [0.29, 0.717) is 17.8 Å². The number of aliphatic hydroxyl groups is 1. The third-order valence-electron chi connectivity index (χ3n) is 2.61. The molecule has 0 saturated heterocycles. The Balaban J connectivity index is 2.00. The number of aliphatic hydroxyl groups excluding tert-OH is 1. The molecule has 104 valence electrons. The summed E-state index contributed by atoms with van der Waals surface area (Å²) < 4.78 is 4.99. The van der Waals surface area contributed by atoms with E-state index in [-0.39, 0.29) is 12.5 Å². The molecule has 0 fully saturated rings. The maximum absolute atomic E-state index is 12.2. The van der Waals surface area contributed by atoms with Gasteiger partial charge in [0, 0.05) is 25.6 Å². The molecular weight excluding hydrogens is 274 g/mol. The van der Waals surface area contributed by atoms with E-state index < -0.39 is 0 Å². The highest BCUT2D eigenvalue weighted by molar-refractivity contribution is 7.14. The van der Waals surface area contributed by atoms with Crippen molar-refractivity contribution >= 4 is 17.2 Å². The van der Waals surface area contributed by atoms with Crippen LogP contribution >= 0.6 is 11.3 Å². The summed E-state index contributed by atoms with van der Waals surface area (Å²) in [6.45, 7) is 0.566. The van der Waals surface area contributed by atoms with Gasteiger partial charge in [-0.2, -0.15) is 0 Å². The van der Waals surface area contributed by atoms with Gasteiger partial charge in [0.1, 0.15) is 0 Å². The summed E-state index contributed by atoms with van der Waals surface area (Å²) in [5.41, 5.74) is 0.959. The first-order valence-electron chi connectivity index (χ1n) is 6.17. The van der Waals surface area contributed by atoms with Crippen LogP contribution in [0.25, 0.3) is 0 Å². The van der Waals surface area contributed by atoms with Crippen LogP contribution in [0.15, 0.2) is 35.1 Å². The minimum atomic E-state index is -0.0357. The lowest BCUT2D eigenvalue weighted by Gasteiger charge is -2.14. The number of hydrogen-bond donors (Lipinski definition) is 1.